The Kier molecular flexibility index (Phi) is 4.36. The molecule has 1 aromatic rings. The van der Waals surface area contributed by atoms with Crippen LogP contribution >= 0.6 is 23.2 Å². The van der Waals surface area contributed by atoms with Crippen molar-refractivity contribution in [1.82, 2.24) is 0 Å². The monoisotopic (exact) mass is 270 g/mol. The quantitative estimate of drug-likeness (QED) is 0.694. The Hall–Kier alpha value is -0.660. The van der Waals surface area contributed by atoms with E-state index in [0.29, 0.717) is 0 Å². The normalized spacial score (nSPS) is 20.6. The lowest BCUT2D eigenvalue weighted by atomic mass is 10.0. The first-order valence-electron chi connectivity index (χ1n) is 5.89. The van der Waals surface area contributed by atoms with Gasteiger partial charge in [-0.1, -0.05) is 24.1 Å². The highest BCUT2D eigenvalue weighted by atomic mass is 35.5. The molecule has 0 aliphatic heterocycles. The number of ether oxygens (including phenoxy) is 1. The van der Waals surface area contributed by atoms with Crippen LogP contribution < -0.4 is 4.74 Å². The highest BCUT2D eigenvalue weighted by Gasteiger charge is 2.14. The van der Waals surface area contributed by atoms with Crippen molar-refractivity contribution in [3.63, 3.8) is 0 Å². The molecule has 1 nitrogen and oxygen atoms in total. The van der Waals surface area contributed by atoms with Gasteiger partial charge in [-0.05, 0) is 43.0 Å². The molecule has 0 radical (unpaired) electrons. The summed E-state index contributed by atoms with van der Waals surface area (Å²) in [6.07, 6.45) is 6.58. The highest BCUT2D eigenvalue weighted by molar-refractivity contribution is 6.30. The first-order valence-corrected chi connectivity index (χ1v) is 6.71. The Bertz CT molecular complexity index is 426. The molecule has 0 saturated heterocycles. The number of methoxy groups -OCH3 is 1. The van der Waals surface area contributed by atoms with Gasteiger partial charge in [-0.3, -0.25) is 0 Å². The number of hydrogen-bond acceptors (Lipinski definition) is 1. The maximum absolute atomic E-state index is 6.25. The van der Waals surface area contributed by atoms with E-state index in [-0.39, 0.29) is 5.38 Å². The zero-order valence-corrected chi connectivity index (χ0v) is 11.4. The lowest BCUT2D eigenvalue weighted by Crippen LogP contribution is -1.94. The maximum atomic E-state index is 6.25. The molecule has 17 heavy (non-hydrogen) atoms. The number of halogens is 2. The number of rotatable bonds is 2. The van der Waals surface area contributed by atoms with E-state index in [1.807, 2.05) is 18.2 Å². The summed E-state index contributed by atoms with van der Waals surface area (Å²) in [4.78, 5) is 0. The molecule has 0 N–H and O–H groups in total. The topological polar surface area (TPSA) is 9.23 Å². The van der Waals surface area contributed by atoms with Gasteiger partial charge in [-0.25, -0.2) is 0 Å². The van der Waals surface area contributed by atoms with Crippen LogP contribution in [0.1, 0.15) is 31.2 Å². The van der Waals surface area contributed by atoms with Crippen LogP contribution in [0.2, 0.25) is 5.02 Å². The van der Waals surface area contributed by atoms with E-state index in [0.717, 1.165) is 29.2 Å². The van der Waals surface area contributed by atoms with Crippen LogP contribution in [-0.2, 0) is 0 Å². The summed E-state index contributed by atoms with van der Waals surface area (Å²) in [5.41, 5.74) is 2.33. The average molecular weight is 271 g/mol. The van der Waals surface area contributed by atoms with Crippen molar-refractivity contribution in [3.05, 3.63) is 34.9 Å². The second kappa shape index (κ2) is 5.79. The van der Waals surface area contributed by atoms with Gasteiger partial charge in [0.2, 0.25) is 0 Å². The highest BCUT2D eigenvalue weighted by Crippen LogP contribution is 2.35. The van der Waals surface area contributed by atoms with Crippen molar-refractivity contribution < 1.29 is 4.74 Å². The van der Waals surface area contributed by atoms with Gasteiger partial charge in [-0.2, -0.15) is 0 Å². The van der Waals surface area contributed by atoms with Gasteiger partial charge < -0.3 is 4.74 Å². The molecule has 1 aromatic carbocycles. The van der Waals surface area contributed by atoms with Gasteiger partial charge in [0.1, 0.15) is 5.75 Å². The van der Waals surface area contributed by atoms with Crippen LogP contribution in [0.3, 0.4) is 0 Å². The third kappa shape index (κ3) is 3.17. The first-order chi connectivity index (χ1) is 8.20. The van der Waals surface area contributed by atoms with Crippen LogP contribution in [-0.4, -0.2) is 12.5 Å². The molecule has 0 heterocycles. The van der Waals surface area contributed by atoms with E-state index in [9.17, 15) is 0 Å². The molecule has 1 aliphatic rings. The number of benzene rings is 1. The van der Waals surface area contributed by atoms with Crippen LogP contribution in [0.25, 0.3) is 5.57 Å². The van der Waals surface area contributed by atoms with Gasteiger partial charge >= 0.3 is 0 Å². The van der Waals surface area contributed by atoms with Crippen molar-refractivity contribution in [3.8, 4) is 5.75 Å². The second-order valence-corrected chi connectivity index (χ2v) is 5.30. The van der Waals surface area contributed by atoms with Gasteiger partial charge in [0.05, 0.1) is 12.5 Å². The fourth-order valence-electron chi connectivity index (χ4n) is 2.20. The van der Waals surface area contributed by atoms with Gasteiger partial charge in [0.15, 0.2) is 0 Å². The molecule has 0 fully saturated rings. The summed E-state index contributed by atoms with van der Waals surface area (Å²) in [7, 11) is 1.68. The molecule has 1 atom stereocenters. The van der Waals surface area contributed by atoms with Crippen molar-refractivity contribution >= 4 is 28.8 Å². The molecule has 1 aliphatic carbocycles. The maximum Gasteiger partial charge on any atom is 0.126 e. The molecular weight excluding hydrogens is 255 g/mol. The van der Waals surface area contributed by atoms with E-state index >= 15 is 0 Å². The van der Waals surface area contributed by atoms with E-state index in [2.05, 4.69) is 6.08 Å². The molecule has 92 valence electrons. The summed E-state index contributed by atoms with van der Waals surface area (Å²) in [6, 6.07) is 5.72. The van der Waals surface area contributed by atoms with Crippen LogP contribution in [0, 0.1) is 0 Å². The zero-order chi connectivity index (χ0) is 12.3. The molecule has 0 saturated carbocycles. The Morgan fingerprint density at radius 1 is 1.29 bits per heavy atom. The van der Waals surface area contributed by atoms with Gasteiger partial charge in [-0.15, -0.1) is 11.6 Å². The Morgan fingerprint density at radius 3 is 2.88 bits per heavy atom. The largest absolute Gasteiger partial charge is 0.496 e. The van der Waals surface area contributed by atoms with Crippen LogP contribution in [0.5, 0.6) is 5.75 Å². The van der Waals surface area contributed by atoms with E-state index < -0.39 is 0 Å². The molecule has 0 aromatic heterocycles. The Balaban J connectivity index is 2.40. The molecule has 1 unspecified atom stereocenters. The molecular formula is C14H16Cl2O. The van der Waals surface area contributed by atoms with Gasteiger partial charge in [0.25, 0.3) is 0 Å². The van der Waals surface area contributed by atoms with Crippen molar-refractivity contribution in [2.75, 3.05) is 7.11 Å². The fraction of sp³-hybridized carbons (Fsp3) is 0.429. The first kappa shape index (κ1) is 12.8. The molecule has 3 heteroatoms. The number of allylic oxidation sites excluding steroid dienone is 2. The zero-order valence-electron chi connectivity index (χ0n) is 9.88. The second-order valence-electron chi connectivity index (χ2n) is 4.30. The minimum absolute atomic E-state index is 0.121. The predicted octanol–water partition coefficient (Wildman–Crippen LogP) is 4.91. The molecule has 2 rings (SSSR count). The summed E-state index contributed by atoms with van der Waals surface area (Å²) >= 11 is 12.3. The van der Waals surface area contributed by atoms with Crippen molar-refractivity contribution in [2.24, 2.45) is 0 Å². The average Bonchev–Trinajstić information content (AvgIpc) is 2.54. The third-order valence-electron chi connectivity index (χ3n) is 3.07. The van der Waals surface area contributed by atoms with Crippen LogP contribution in [0.15, 0.2) is 24.3 Å². The third-order valence-corrected chi connectivity index (χ3v) is 3.64. The smallest absolute Gasteiger partial charge is 0.126 e. The van der Waals surface area contributed by atoms with E-state index in [1.165, 1.54) is 18.4 Å². The van der Waals surface area contributed by atoms with Crippen molar-refractivity contribution in [2.45, 2.75) is 31.1 Å². The molecule has 0 bridgehead atoms. The van der Waals surface area contributed by atoms with E-state index in [1.54, 1.807) is 7.11 Å². The lowest BCUT2D eigenvalue weighted by Gasteiger charge is -2.12. The molecule has 0 spiro atoms. The Morgan fingerprint density at radius 2 is 2.12 bits per heavy atom. The van der Waals surface area contributed by atoms with Crippen LogP contribution in [0.4, 0.5) is 0 Å². The summed E-state index contributed by atoms with van der Waals surface area (Å²) < 4.78 is 5.39. The summed E-state index contributed by atoms with van der Waals surface area (Å²) in [6.45, 7) is 0. The minimum Gasteiger partial charge on any atom is -0.496 e. The SMILES string of the molecule is COc1ccc(Cl)cc1C1=CC(Cl)CCCC1. The number of alkyl halides is 1. The van der Waals surface area contributed by atoms with E-state index in [4.69, 9.17) is 27.9 Å². The summed E-state index contributed by atoms with van der Waals surface area (Å²) in [5.74, 6) is 0.867. The summed E-state index contributed by atoms with van der Waals surface area (Å²) in [5, 5.41) is 0.855. The Labute approximate surface area is 112 Å². The van der Waals surface area contributed by atoms with Gasteiger partial charge in [0, 0.05) is 10.6 Å². The molecule has 0 amide bonds. The van der Waals surface area contributed by atoms with Crippen molar-refractivity contribution in [1.29, 1.82) is 0 Å². The predicted molar refractivity (Wildman–Crippen MR) is 74.1 cm³/mol. The number of hydrogen-bond donors (Lipinski definition) is 0. The minimum atomic E-state index is 0.121. The fourth-order valence-corrected chi connectivity index (χ4v) is 2.67. The lowest BCUT2D eigenvalue weighted by molar-refractivity contribution is 0.413. The standard InChI is InChI=1S/C14H16Cl2O/c1-17-14-7-6-12(16)9-13(14)10-4-2-3-5-11(15)8-10/h6-9,11H,2-5H2,1H3.